The molecule has 120 valence electrons. The van der Waals surface area contributed by atoms with E-state index in [1.165, 1.54) is 39.2 Å². The topological polar surface area (TPSA) is 47.6 Å². The molecular formula is C16H33NO3. The number of carbonyl (C=O) groups excluding carboxylic acids is 1. The van der Waals surface area contributed by atoms with Crippen LogP contribution in [0.4, 0.5) is 0 Å². The van der Waals surface area contributed by atoms with E-state index in [1.54, 1.807) is 0 Å². The second-order valence-corrected chi connectivity index (χ2v) is 5.94. The molecule has 0 amide bonds. The molecule has 0 aliphatic heterocycles. The van der Waals surface area contributed by atoms with Crippen LogP contribution in [0.1, 0.15) is 66.2 Å². The van der Waals surface area contributed by atoms with Crippen molar-refractivity contribution >= 4 is 5.97 Å². The van der Waals surface area contributed by atoms with Crippen LogP contribution in [0.25, 0.3) is 0 Å². The first kappa shape index (κ1) is 19.4. The van der Waals surface area contributed by atoms with Crippen LogP contribution in [-0.4, -0.2) is 37.9 Å². The third kappa shape index (κ3) is 8.54. The number of carbonyl (C=O) groups is 1. The van der Waals surface area contributed by atoms with Crippen LogP contribution in [0.3, 0.4) is 0 Å². The smallest absolute Gasteiger partial charge is 0.328 e. The predicted molar refractivity (Wildman–Crippen MR) is 82.9 cm³/mol. The van der Waals surface area contributed by atoms with E-state index < -0.39 is 5.54 Å². The Morgan fingerprint density at radius 1 is 1.15 bits per heavy atom. The third-order valence-corrected chi connectivity index (χ3v) is 3.28. The molecule has 0 rings (SSSR count). The number of nitrogens with one attached hydrogen (secondary N) is 1. The van der Waals surface area contributed by atoms with Crippen LogP contribution in [0, 0.1) is 0 Å². The minimum atomic E-state index is -0.759. The SMILES string of the molecule is CCCCCCCCOCC(C)(NC(C)C)C(=O)OC. The van der Waals surface area contributed by atoms with Gasteiger partial charge in [-0.25, -0.2) is 4.79 Å². The number of rotatable bonds is 12. The summed E-state index contributed by atoms with van der Waals surface area (Å²) in [5.74, 6) is -0.269. The fraction of sp³-hybridized carbons (Fsp3) is 0.938. The molecule has 4 heteroatoms. The quantitative estimate of drug-likeness (QED) is 0.442. The Balaban J connectivity index is 3.88. The number of hydrogen-bond donors (Lipinski definition) is 1. The van der Waals surface area contributed by atoms with E-state index in [0.29, 0.717) is 13.2 Å². The van der Waals surface area contributed by atoms with Gasteiger partial charge in [0.1, 0.15) is 5.54 Å². The summed E-state index contributed by atoms with van der Waals surface area (Å²) in [7, 11) is 1.41. The van der Waals surface area contributed by atoms with Crippen molar-refractivity contribution in [3.8, 4) is 0 Å². The molecular weight excluding hydrogens is 254 g/mol. The zero-order valence-corrected chi connectivity index (χ0v) is 14.0. The third-order valence-electron chi connectivity index (χ3n) is 3.28. The van der Waals surface area contributed by atoms with Gasteiger partial charge in [-0.3, -0.25) is 5.32 Å². The monoisotopic (exact) mass is 287 g/mol. The summed E-state index contributed by atoms with van der Waals surface area (Å²) in [5, 5.41) is 3.23. The van der Waals surface area contributed by atoms with Crippen molar-refractivity contribution in [2.75, 3.05) is 20.3 Å². The van der Waals surface area contributed by atoms with E-state index in [9.17, 15) is 4.79 Å². The van der Waals surface area contributed by atoms with Gasteiger partial charge in [0.05, 0.1) is 13.7 Å². The van der Waals surface area contributed by atoms with E-state index in [0.717, 1.165) is 6.42 Å². The highest BCUT2D eigenvalue weighted by atomic mass is 16.5. The Kier molecular flexibility index (Phi) is 10.8. The first-order chi connectivity index (χ1) is 9.46. The van der Waals surface area contributed by atoms with Crippen molar-refractivity contribution in [3.63, 3.8) is 0 Å². The first-order valence-corrected chi connectivity index (χ1v) is 7.90. The fourth-order valence-electron chi connectivity index (χ4n) is 2.28. The van der Waals surface area contributed by atoms with Gasteiger partial charge in [-0.05, 0) is 27.2 Å². The van der Waals surface area contributed by atoms with Crippen molar-refractivity contribution in [3.05, 3.63) is 0 Å². The normalized spacial score (nSPS) is 14.3. The van der Waals surface area contributed by atoms with Crippen molar-refractivity contribution in [1.29, 1.82) is 0 Å². The molecule has 0 saturated carbocycles. The van der Waals surface area contributed by atoms with Crippen molar-refractivity contribution in [2.45, 2.75) is 77.8 Å². The zero-order chi connectivity index (χ0) is 15.4. The Hall–Kier alpha value is -0.610. The van der Waals surface area contributed by atoms with E-state index in [4.69, 9.17) is 9.47 Å². The second kappa shape index (κ2) is 11.1. The van der Waals surface area contributed by atoms with Crippen LogP contribution in [-0.2, 0) is 14.3 Å². The molecule has 1 N–H and O–H groups in total. The highest BCUT2D eigenvalue weighted by Gasteiger charge is 2.35. The summed E-state index contributed by atoms with van der Waals surface area (Å²) in [4.78, 5) is 11.8. The lowest BCUT2D eigenvalue weighted by Gasteiger charge is -2.29. The average molecular weight is 287 g/mol. The molecule has 0 spiro atoms. The Labute approximate surface area is 124 Å². The molecule has 0 saturated heterocycles. The van der Waals surface area contributed by atoms with Crippen LogP contribution in [0.15, 0.2) is 0 Å². The van der Waals surface area contributed by atoms with Crippen LogP contribution >= 0.6 is 0 Å². The second-order valence-electron chi connectivity index (χ2n) is 5.94. The van der Waals surface area contributed by atoms with E-state index in [2.05, 4.69) is 12.2 Å². The number of ether oxygens (including phenoxy) is 2. The van der Waals surface area contributed by atoms with E-state index >= 15 is 0 Å². The molecule has 0 aromatic carbocycles. The standard InChI is InChI=1S/C16H33NO3/c1-6-7-8-9-10-11-12-20-13-16(4,15(18)19-5)17-14(2)3/h14,17H,6-13H2,1-5H3. The zero-order valence-electron chi connectivity index (χ0n) is 14.0. The van der Waals surface area contributed by atoms with Gasteiger partial charge in [-0.1, -0.05) is 39.0 Å². The lowest BCUT2D eigenvalue weighted by atomic mass is 10.0. The average Bonchev–Trinajstić information content (AvgIpc) is 2.40. The van der Waals surface area contributed by atoms with E-state index in [-0.39, 0.29) is 12.0 Å². The van der Waals surface area contributed by atoms with E-state index in [1.807, 2.05) is 20.8 Å². The minimum Gasteiger partial charge on any atom is -0.468 e. The fourth-order valence-corrected chi connectivity index (χ4v) is 2.28. The minimum absolute atomic E-state index is 0.205. The van der Waals surface area contributed by atoms with Crippen LogP contribution in [0.5, 0.6) is 0 Å². The van der Waals surface area contributed by atoms with Gasteiger partial charge in [0.15, 0.2) is 0 Å². The molecule has 20 heavy (non-hydrogen) atoms. The molecule has 0 bridgehead atoms. The summed E-state index contributed by atoms with van der Waals surface area (Å²) < 4.78 is 10.5. The van der Waals surface area contributed by atoms with Crippen LogP contribution in [0.2, 0.25) is 0 Å². The molecule has 0 radical (unpaired) electrons. The lowest BCUT2D eigenvalue weighted by molar-refractivity contribution is -0.151. The summed E-state index contributed by atoms with van der Waals surface area (Å²) >= 11 is 0. The highest BCUT2D eigenvalue weighted by Crippen LogP contribution is 2.10. The molecule has 1 unspecified atom stereocenters. The maximum atomic E-state index is 11.8. The van der Waals surface area contributed by atoms with Gasteiger partial charge < -0.3 is 9.47 Å². The highest BCUT2D eigenvalue weighted by molar-refractivity contribution is 5.80. The number of hydrogen-bond acceptors (Lipinski definition) is 4. The molecule has 0 aromatic heterocycles. The Morgan fingerprint density at radius 2 is 1.75 bits per heavy atom. The Bertz CT molecular complexity index is 256. The summed E-state index contributed by atoms with van der Waals surface area (Å²) in [5.41, 5.74) is -0.759. The molecule has 0 aliphatic carbocycles. The number of esters is 1. The maximum absolute atomic E-state index is 11.8. The number of methoxy groups -OCH3 is 1. The van der Waals surface area contributed by atoms with Gasteiger partial charge in [0.2, 0.25) is 0 Å². The van der Waals surface area contributed by atoms with Crippen molar-refractivity contribution < 1.29 is 14.3 Å². The van der Waals surface area contributed by atoms with Gasteiger partial charge >= 0.3 is 5.97 Å². The van der Waals surface area contributed by atoms with Gasteiger partial charge in [-0.2, -0.15) is 0 Å². The Morgan fingerprint density at radius 3 is 2.30 bits per heavy atom. The van der Waals surface area contributed by atoms with Crippen molar-refractivity contribution in [1.82, 2.24) is 5.32 Å². The number of unbranched alkanes of at least 4 members (excludes halogenated alkanes) is 5. The van der Waals surface area contributed by atoms with Crippen LogP contribution < -0.4 is 5.32 Å². The molecule has 0 aliphatic rings. The van der Waals surface area contributed by atoms with Gasteiger partial charge in [-0.15, -0.1) is 0 Å². The molecule has 1 atom stereocenters. The lowest BCUT2D eigenvalue weighted by Crippen LogP contribution is -2.56. The summed E-state index contributed by atoms with van der Waals surface area (Å²) in [6, 6.07) is 0.205. The van der Waals surface area contributed by atoms with Gasteiger partial charge in [0, 0.05) is 12.6 Å². The summed E-state index contributed by atoms with van der Waals surface area (Å²) in [6.45, 7) is 9.13. The molecule has 0 heterocycles. The maximum Gasteiger partial charge on any atom is 0.328 e. The molecule has 4 nitrogen and oxygen atoms in total. The van der Waals surface area contributed by atoms with Gasteiger partial charge in [0.25, 0.3) is 0 Å². The summed E-state index contributed by atoms with van der Waals surface area (Å²) in [6.07, 6.45) is 7.44. The van der Waals surface area contributed by atoms with Crippen molar-refractivity contribution in [2.24, 2.45) is 0 Å². The molecule has 0 fully saturated rings. The largest absolute Gasteiger partial charge is 0.468 e. The first-order valence-electron chi connectivity index (χ1n) is 7.90. The predicted octanol–water partition coefficient (Wildman–Crippen LogP) is 3.29. The molecule has 0 aromatic rings.